The van der Waals surface area contributed by atoms with Gasteiger partial charge in [0.2, 0.25) is 0 Å². The third-order valence-corrected chi connectivity index (χ3v) is 4.07. The van der Waals surface area contributed by atoms with Gasteiger partial charge >= 0.3 is 0 Å². The van der Waals surface area contributed by atoms with E-state index in [-0.39, 0.29) is 17.8 Å². The predicted molar refractivity (Wildman–Crippen MR) is 84.2 cm³/mol. The summed E-state index contributed by atoms with van der Waals surface area (Å²) in [5, 5.41) is 2.99. The molecule has 1 saturated heterocycles. The SMILES string of the molecule is O=C(NC1CCN(Cc2ccccc2F)CC1)c1cnccn1. The Morgan fingerprint density at radius 3 is 2.74 bits per heavy atom. The maximum atomic E-state index is 13.7. The normalized spacial score (nSPS) is 16.2. The second-order valence-electron chi connectivity index (χ2n) is 5.71. The topological polar surface area (TPSA) is 58.1 Å². The number of rotatable bonds is 4. The fourth-order valence-electron chi connectivity index (χ4n) is 2.78. The maximum Gasteiger partial charge on any atom is 0.271 e. The van der Waals surface area contributed by atoms with Crippen molar-refractivity contribution in [2.75, 3.05) is 13.1 Å². The zero-order chi connectivity index (χ0) is 16.1. The highest BCUT2D eigenvalue weighted by molar-refractivity contribution is 5.92. The lowest BCUT2D eigenvalue weighted by Crippen LogP contribution is -2.44. The Kier molecular flexibility index (Phi) is 4.92. The molecule has 0 aliphatic carbocycles. The molecule has 2 aromatic rings. The van der Waals surface area contributed by atoms with Crippen molar-refractivity contribution in [3.8, 4) is 0 Å². The number of benzene rings is 1. The lowest BCUT2D eigenvalue weighted by atomic mass is 10.0. The number of carbonyl (C=O) groups is 1. The van der Waals surface area contributed by atoms with Crippen molar-refractivity contribution in [3.63, 3.8) is 0 Å². The van der Waals surface area contributed by atoms with Gasteiger partial charge in [-0.25, -0.2) is 9.37 Å². The summed E-state index contributed by atoms with van der Waals surface area (Å²) >= 11 is 0. The largest absolute Gasteiger partial charge is 0.348 e. The van der Waals surface area contributed by atoms with Crippen LogP contribution in [0.2, 0.25) is 0 Å². The molecule has 5 nitrogen and oxygen atoms in total. The second kappa shape index (κ2) is 7.28. The molecule has 0 atom stereocenters. The van der Waals surface area contributed by atoms with Crippen LogP contribution in [0.1, 0.15) is 28.9 Å². The van der Waals surface area contributed by atoms with Crippen LogP contribution in [0.15, 0.2) is 42.9 Å². The molecular weight excluding hydrogens is 295 g/mol. The molecule has 1 aromatic carbocycles. The minimum absolute atomic E-state index is 0.126. The molecule has 1 aromatic heterocycles. The van der Waals surface area contributed by atoms with E-state index in [9.17, 15) is 9.18 Å². The maximum absolute atomic E-state index is 13.7. The lowest BCUT2D eigenvalue weighted by molar-refractivity contribution is 0.0903. The molecule has 120 valence electrons. The Morgan fingerprint density at radius 1 is 1.26 bits per heavy atom. The first kappa shape index (κ1) is 15.6. The van der Waals surface area contributed by atoms with E-state index in [1.165, 1.54) is 24.7 Å². The number of piperidine rings is 1. The first-order valence-electron chi connectivity index (χ1n) is 7.75. The summed E-state index contributed by atoms with van der Waals surface area (Å²) in [6.45, 7) is 2.27. The van der Waals surface area contributed by atoms with Gasteiger partial charge in [-0.05, 0) is 18.9 Å². The van der Waals surface area contributed by atoms with Crippen molar-refractivity contribution in [1.82, 2.24) is 20.2 Å². The van der Waals surface area contributed by atoms with Crippen LogP contribution in [-0.2, 0) is 6.54 Å². The molecule has 1 fully saturated rings. The Morgan fingerprint density at radius 2 is 2.04 bits per heavy atom. The van der Waals surface area contributed by atoms with E-state index in [1.807, 2.05) is 12.1 Å². The number of halogens is 1. The fraction of sp³-hybridized carbons (Fsp3) is 0.353. The number of nitrogens with one attached hydrogen (secondary N) is 1. The highest BCUT2D eigenvalue weighted by Gasteiger charge is 2.22. The first-order valence-corrected chi connectivity index (χ1v) is 7.75. The van der Waals surface area contributed by atoms with Crippen LogP contribution in [0.4, 0.5) is 4.39 Å². The van der Waals surface area contributed by atoms with E-state index < -0.39 is 0 Å². The van der Waals surface area contributed by atoms with Gasteiger partial charge in [-0.15, -0.1) is 0 Å². The third-order valence-electron chi connectivity index (χ3n) is 4.07. The summed E-state index contributed by atoms with van der Waals surface area (Å²) < 4.78 is 13.7. The van der Waals surface area contributed by atoms with Crippen molar-refractivity contribution in [2.24, 2.45) is 0 Å². The highest BCUT2D eigenvalue weighted by Crippen LogP contribution is 2.16. The molecular formula is C17H19FN4O. The molecule has 1 amide bonds. The smallest absolute Gasteiger partial charge is 0.271 e. The van der Waals surface area contributed by atoms with Crippen LogP contribution in [0.5, 0.6) is 0 Å². The van der Waals surface area contributed by atoms with Crippen molar-refractivity contribution in [2.45, 2.75) is 25.4 Å². The van der Waals surface area contributed by atoms with Crippen LogP contribution < -0.4 is 5.32 Å². The highest BCUT2D eigenvalue weighted by atomic mass is 19.1. The summed E-state index contributed by atoms with van der Waals surface area (Å²) in [7, 11) is 0. The zero-order valence-electron chi connectivity index (χ0n) is 12.8. The summed E-state index contributed by atoms with van der Waals surface area (Å²) in [5.74, 6) is -0.351. The molecule has 1 aliphatic rings. The summed E-state index contributed by atoms with van der Waals surface area (Å²) in [6.07, 6.45) is 6.20. The average Bonchev–Trinajstić information content (AvgIpc) is 2.59. The second-order valence-corrected chi connectivity index (χ2v) is 5.71. The van der Waals surface area contributed by atoms with Gasteiger partial charge in [0.05, 0.1) is 6.20 Å². The monoisotopic (exact) mass is 314 g/mol. The van der Waals surface area contributed by atoms with E-state index in [0.717, 1.165) is 31.5 Å². The Labute approximate surface area is 134 Å². The first-order chi connectivity index (χ1) is 11.2. The van der Waals surface area contributed by atoms with E-state index in [0.29, 0.717) is 12.2 Å². The van der Waals surface area contributed by atoms with Crippen molar-refractivity contribution >= 4 is 5.91 Å². The molecule has 0 radical (unpaired) electrons. The van der Waals surface area contributed by atoms with Crippen molar-refractivity contribution < 1.29 is 9.18 Å². The molecule has 2 heterocycles. The number of likely N-dealkylation sites (tertiary alicyclic amines) is 1. The Balaban J connectivity index is 1.49. The minimum Gasteiger partial charge on any atom is -0.348 e. The number of amides is 1. The standard InChI is InChI=1S/C17H19FN4O/c18-15-4-2-1-3-13(15)12-22-9-5-14(6-10-22)21-17(23)16-11-19-7-8-20-16/h1-4,7-8,11,14H,5-6,9-10,12H2,(H,21,23). The number of nitrogens with zero attached hydrogens (tertiary/aromatic N) is 3. The van der Waals surface area contributed by atoms with Crippen LogP contribution >= 0.6 is 0 Å². The number of hydrogen-bond acceptors (Lipinski definition) is 4. The fourth-order valence-corrected chi connectivity index (χ4v) is 2.78. The molecule has 1 N–H and O–H groups in total. The van der Waals surface area contributed by atoms with Crippen molar-refractivity contribution in [3.05, 3.63) is 59.9 Å². The number of carbonyl (C=O) groups excluding carboxylic acids is 1. The molecule has 23 heavy (non-hydrogen) atoms. The molecule has 0 bridgehead atoms. The van der Waals surface area contributed by atoms with E-state index >= 15 is 0 Å². The minimum atomic E-state index is -0.189. The lowest BCUT2D eigenvalue weighted by Gasteiger charge is -2.32. The van der Waals surface area contributed by atoms with E-state index in [2.05, 4.69) is 20.2 Å². The van der Waals surface area contributed by atoms with Gasteiger partial charge in [0.15, 0.2) is 0 Å². The molecule has 0 unspecified atom stereocenters. The van der Waals surface area contributed by atoms with Gasteiger partial charge in [-0.3, -0.25) is 14.7 Å². The van der Waals surface area contributed by atoms with E-state index in [4.69, 9.17) is 0 Å². The third kappa shape index (κ3) is 4.10. The zero-order valence-corrected chi connectivity index (χ0v) is 12.8. The summed E-state index contributed by atoms with van der Waals surface area (Å²) in [5.41, 5.74) is 1.05. The van der Waals surface area contributed by atoms with Gasteiger partial charge < -0.3 is 5.32 Å². The van der Waals surface area contributed by atoms with Gasteiger partial charge in [0.25, 0.3) is 5.91 Å². The Hall–Kier alpha value is -2.34. The molecule has 6 heteroatoms. The molecule has 1 aliphatic heterocycles. The number of hydrogen-bond donors (Lipinski definition) is 1. The molecule has 3 rings (SSSR count). The molecule has 0 spiro atoms. The molecule has 0 saturated carbocycles. The van der Waals surface area contributed by atoms with Crippen LogP contribution in [0, 0.1) is 5.82 Å². The van der Waals surface area contributed by atoms with Gasteiger partial charge in [0, 0.05) is 43.6 Å². The van der Waals surface area contributed by atoms with Crippen LogP contribution in [-0.4, -0.2) is 39.9 Å². The summed E-state index contributed by atoms with van der Waals surface area (Å²) in [6, 6.07) is 6.99. The van der Waals surface area contributed by atoms with Gasteiger partial charge in [0.1, 0.15) is 11.5 Å². The quantitative estimate of drug-likeness (QED) is 0.938. The number of aromatic nitrogens is 2. The van der Waals surface area contributed by atoms with Crippen molar-refractivity contribution in [1.29, 1.82) is 0 Å². The van der Waals surface area contributed by atoms with Gasteiger partial charge in [-0.1, -0.05) is 18.2 Å². The summed E-state index contributed by atoms with van der Waals surface area (Å²) in [4.78, 5) is 22.2. The van der Waals surface area contributed by atoms with Crippen LogP contribution in [0.3, 0.4) is 0 Å². The Bertz CT molecular complexity index is 657. The predicted octanol–water partition coefficient (Wildman–Crippen LogP) is 2.01. The van der Waals surface area contributed by atoms with E-state index in [1.54, 1.807) is 6.07 Å². The average molecular weight is 314 g/mol. The van der Waals surface area contributed by atoms with Crippen LogP contribution in [0.25, 0.3) is 0 Å². The van der Waals surface area contributed by atoms with Gasteiger partial charge in [-0.2, -0.15) is 0 Å².